The maximum Gasteiger partial charge on any atom is 0.102 e. The minimum atomic E-state index is 1.02. The van der Waals surface area contributed by atoms with E-state index in [4.69, 9.17) is 0 Å². The molecule has 1 aromatic heterocycles. The first-order valence-corrected chi connectivity index (χ1v) is 5.29. The zero-order chi connectivity index (χ0) is 10.5. The summed E-state index contributed by atoms with van der Waals surface area (Å²) in [7, 11) is 0. The summed E-state index contributed by atoms with van der Waals surface area (Å²) in [5, 5.41) is 10.7. The summed E-state index contributed by atoms with van der Waals surface area (Å²) in [5.41, 5.74) is 4.76. The molecule has 0 saturated heterocycles. The lowest BCUT2D eigenvalue weighted by Gasteiger charge is -1.98. The summed E-state index contributed by atoms with van der Waals surface area (Å²) in [4.78, 5) is 0. The third-order valence-electron chi connectivity index (χ3n) is 3.16. The molecule has 0 bridgehead atoms. The normalized spacial score (nSPS) is 11.8. The number of hydrogen-bond acceptors (Lipinski definition) is 2. The van der Waals surface area contributed by atoms with Gasteiger partial charge >= 0.3 is 0 Å². The van der Waals surface area contributed by atoms with Crippen molar-refractivity contribution in [2.45, 2.75) is 0 Å². The van der Waals surface area contributed by atoms with Crippen molar-refractivity contribution < 1.29 is 0 Å². The van der Waals surface area contributed by atoms with Gasteiger partial charge in [-0.2, -0.15) is 5.10 Å². The van der Waals surface area contributed by atoms with Crippen LogP contribution in [0.15, 0.2) is 48.7 Å². The Bertz CT molecular complexity index is 659. The van der Waals surface area contributed by atoms with Gasteiger partial charge in [0, 0.05) is 16.3 Å². The molecule has 0 spiro atoms. The van der Waals surface area contributed by atoms with Gasteiger partial charge in [-0.3, -0.25) is 0 Å². The van der Waals surface area contributed by atoms with E-state index in [1.54, 1.807) is 0 Å². The Morgan fingerprint density at radius 1 is 0.750 bits per heavy atom. The number of fused-ring (bicyclic) bond motifs is 3. The summed E-state index contributed by atoms with van der Waals surface area (Å²) >= 11 is 0. The van der Waals surface area contributed by atoms with Gasteiger partial charge in [0.2, 0.25) is 0 Å². The zero-order valence-electron chi connectivity index (χ0n) is 8.51. The molecule has 0 unspecified atom stereocenters. The Balaban J connectivity index is 2.31. The summed E-state index contributed by atoms with van der Waals surface area (Å²) < 4.78 is 0. The minimum Gasteiger partial charge on any atom is -0.158 e. The number of nitrogens with zero attached hydrogens (tertiary/aromatic N) is 2. The molecule has 0 fully saturated rings. The molecular weight excluding hydrogens is 196 g/mol. The molecule has 0 aliphatic heterocycles. The highest BCUT2D eigenvalue weighted by atomic mass is 15.1. The second-order valence-electron chi connectivity index (χ2n) is 4.01. The largest absolute Gasteiger partial charge is 0.158 e. The van der Waals surface area contributed by atoms with Crippen molar-refractivity contribution in [3.05, 3.63) is 48.7 Å². The Kier molecular flexibility index (Phi) is 1.33. The standard InChI is InChI=1S/C14H8N2/c1-2-6-12-10(5-1)11-7-3-4-9-8-15-16-14(12)13(9)11/h1-8H. The molecule has 2 aromatic carbocycles. The molecule has 3 aromatic rings. The lowest BCUT2D eigenvalue weighted by Crippen LogP contribution is -1.84. The molecule has 0 radical (unpaired) electrons. The lowest BCUT2D eigenvalue weighted by molar-refractivity contribution is 1.06. The molecule has 0 atom stereocenters. The predicted octanol–water partition coefficient (Wildman–Crippen LogP) is 3.28. The van der Waals surface area contributed by atoms with Crippen LogP contribution >= 0.6 is 0 Å². The van der Waals surface area contributed by atoms with Gasteiger partial charge in [0.25, 0.3) is 0 Å². The summed E-state index contributed by atoms with van der Waals surface area (Å²) in [6, 6.07) is 14.7. The van der Waals surface area contributed by atoms with Crippen molar-refractivity contribution in [2.75, 3.05) is 0 Å². The molecule has 2 heteroatoms. The number of aromatic nitrogens is 2. The summed E-state index contributed by atoms with van der Waals surface area (Å²) in [6.07, 6.45) is 1.83. The van der Waals surface area contributed by atoms with Crippen LogP contribution in [0, 0.1) is 0 Å². The molecule has 1 aliphatic carbocycles. The van der Waals surface area contributed by atoms with Crippen LogP contribution in [0.1, 0.15) is 0 Å². The van der Waals surface area contributed by atoms with E-state index < -0.39 is 0 Å². The maximum absolute atomic E-state index is 4.27. The minimum absolute atomic E-state index is 1.02. The van der Waals surface area contributed by atoms with E-state index >= 15 is 0 Å². The highest BCUT2D eigenvalue weighted by molar-refractivity contribution is 6.13. The van der Waals surface area contributed by atoms with Gasteiger partial charge in [0.05, 0.1) is 6.20 Å². The summed E-state index contributed by atoms with van der Waals surface area (Å²) in [6.45, 7) is 0. The van der Waals surface area contributed by atoms with E-state index in [-0.39, 0.29) is 0 Å². The SMILES string of the molecule is c1ccc2c(c1)-c1cccc3cnnc-2c13. The van der Waals surface area contributed by atoms with E-state index in [1.165, 1.54) is 27.5 Å². The first-order chi connectivity index (χ1) is 7.95. The van der Waals surface area contributed by atoms with Gasteiger partial charge in [-0.15, -0.1) is 5.10 Å². The molecule has 16 heavy (non-hydrogen) atoms. The van der Waals surface area contributed by atoms with E-state index in [0.717, 1.165) is 5.69 Å². The fraction of sp³-hybridized carbons (Fsp3) is 0. The predicted molar refractivity (Wildman–Crippen MR) is 64.0 cm³/mol. The lowest BCUT2D eigenvalue weighted by atomic mass is 10.1. The molecule has 0 amide bonds. The van der Waals surface area contributed by atoms with Crippen LogP contribution in [0.25, 0.3) is 33.2 Å². The van der Waals surface area contributed by atoms with Crippen LogP contribution in [-0.4, -0.2) is 10.2 Å². The van der Waals surface area contributed by atoms with Crippen molar-refractivity contribution >= 4 is 10.8 Å². The quantitative estimate of drug-likeness (QED) is 0.439. The second kappa shape index (κ2) is 2.67. The van der Waals surface area contributed by atoms with E-state index in [2.05, 4.69) is 46.6 Å². The molecule has 1 aliphatic rings. The Morgan fingerprint density at radius 2 is 1.56 bits per heavy atom. The molecule has 1 heterocycles. The number of benzene rings is 2. The van der Waals surface area contributed by atoms with Crippen LogP contribution in [0.4, 0.5) is 0 Å². The van der Waals surface area contributed by atoms with E-state index in [1.807, 2.05) is 12.3 Å². The summed E-state index contributed by atoms with van der Waals surface area (Å²) in [5.74, 6) is 0. The smallest absolute Gasteiger partial charge is 0.102 e. The average Bonchev–Trinajstić information content (AvgIpc) is 2.68. The van der Waals surface area contributed by atoms with Crippen molar-refractivity contribution in [3.8, 4) is 22.4 Å². The Labute approximate surface area is 92.6 Å². The molecule has 2 nitrogen and oxygen atoms in total. The van der Waals surface area contributed by atoms with Crippen molar-refractivity contribution in [1.29, 1.82) is 0 Å². The first-order valence-electron chi connectivity index (χ1n) is 5.29. The van der Waals surface area contributed by atoms with Crippen LogP contribution in [0.3, 0.4) is 0 Å². The highest BCUT2D eigenvalue weighted by Crippen LogP contribution is 2.44. The van der Waals surface area contributed by atoms with Crippen molar-refractivity contribution in [2.24, 2.45) is 0 Å². The fourth-order valence-electron chi connectivity index (χ4n) is 2.48. The topological polar surface area (TPSA) is 25.8 Å². The van der Waals surface area contributed by atoms with Gasteiger partial charge in [0.15, 0.2) is 0 Å². The number of rotatable bonds is 0. The highest BCUT2D eigenvalue weighted by Gasteiger charge is 2.21. The van der Waals surface area contributed by atoms with E-state index in [9.17, 15) is 0 Å². The van der Waals surface area contributed by atoms with E-state index in [0.29, 0.717) is 0 Å². The van der Waals surface area contributed by atoms with Crippen LogP contribution < -0.4 is 0 Å². The van der Waals surface area contributed by atoms with Crippen molar-refractivity contribution in [3.63, 3.8) is 0 Å². The van der Waals surface area contributed by atoms with Crippen LogP contribution in [0.2, 0.25) is 0 Å². The fourth-order valence-corrected chi connectivity index (χ4v) is 2.48. The monoisotopic (exact) mass is 204 g/mol. The van der Waals surface area contributed by atoms with Gasteiger partial charge in [-0.05, 0) is 11.1 Å². The van der Waals surface area contributed by atoms with Gasteiger partial charge in [0.1, 0.15) is 5.69 Å². The first kappa shape index (κ1) is 7.99. The average molecular weight is 204 g/mol. The molecular formula is C14H8N2. The third kappa shape index (κ3) is 0.823. The van der Waals surface area contributed by atoms with Gasteiger partial charge in [-0.25, -0.2) is 0 Å². The Morgan fingerprint density at radius 3 is 2.50 bits per heavy atom. The Hall–Kier alpha value is -2.22. The van der Waals surface area contributed by atoms with Gasteiger partial charge in [-0.1, -0.05) is 42.5 Å². The molecule has 0 saturated carbocycles. The van der Waals surface area contributed by atoms with Crippen LogP contribution in [0.5, 0.6) is 0 Å². The van der Waals surface area contributed by atoms with Crippen molar-refractivity contribution in [1.82, 2.24) is 10.2 Å². The second-order valence-corrected chi connectivity index (χ2v) is 4.01. The zero-order valence-corrected chi connectivity index (χ0v) is 8.51. The van der Waals surface area contributed by atoms with Gasteiger partial charge < -0.3 is 0 Å². The molecule has 4 rings (SSSR count). The third-order valence-corrected chi connectivity index (χ3v) is 3.16. The van der Waals surface area contributed by atoms with Crippen LogP contribution in [-0.2, 0) is 0 Å². The molecule has 0 N–H and O–H groups in total. The maximum atomic E-state index is 4.27. The number of hydrogen-bond donors (Lipinski definition) is 0. The molecule has 74 valence electrons.